The molecule has 0 unspecified atom stereocenters. The van der Waals surface area contributed by atoms with Gasteiger partial charge in [-0.2, -0.15) is 17.0 Å². The van der Waals surface area contributed by atoms with Crippen LogP contribution < -0.4 is 4.74 Å². The van der Waals surface area contributed by atoms with Gasteiger partial charge >= 0.3 is 5.97 Å². The largest absolute Gasteiger partial charge is 0.492 e. The molecule has 2 saturated heterocycles. The van der Waals surface area contributed by atoms with Crippen molar-refractivity contribution in [1.29, 1.82) is 0 Å². The van der Waals surface area contributed by atoms with Crippen LogP contribution in [-0.2, 0) is 19.7 Å². The van der Waals surface area contributed by atoms with Crippen LogP contribution >= 0.6 is 0 Å². The first kappa shape index (κ1) is 16.8. The van der Waals surface area contributed by atoms with Gasteiger partial charge in [-0.1, -0.05) is 18.2 Å². The molecule has 3 aliphatic rings. The normalized spacial score (nSPS) is 30.3. The van der Waals surface area contributed by atoms with Crippen molar-refractivity contribution in [2.75, 3.05) is 46.0 Å². The molecule has 25 heavy (non-hydrogen) atoms. The number of morpholine rings is 1. The van der Waals surface area contributed by atoms with Gasteiger partial charge in [-0.15, -0.1) is 0 Å². The first-order valence-electron chi connectivity index (χ1n) is 8.23. The van der Waals surface area contributed by atoms with Crippen LogP contribution in [-0.4, -0.2) is 74.1 Å². The predicted molar refractivity (Wildman–Crippen MR) is 87.6 cm³/mol. The second kappa shape index (κ2) is 5.94. The van der Waals surface area contributed by atoms with Crippen LogP contribution in [0.25, 0.3) is 0 Å². The van der Waals surface area contributed by atoms with Gasteiger partial charge in [-0.3, -0.25) is 4.79 Å². The van der Waals surface area contributed by atoms with Gasteiger partial charge < -0.3 is 14.6 Å². The van der Waals surface area contributed by atoms with E-state index in [2.05, 4.69) is 0 Å². The lowest BCUT2D eigenvalue weighted by atomic mass is 9.73. The Labute approximate surface area is 146 Å². The lowest BCUT2D eigenvalue weighted by Crippen LogP contribution is -2.50. The minimum Gasteiger partial charge on any atom is -0.492 e. The first-order valence-corrected chi connectivity index (χ1v) is 9.63. The van der Waals surface area contributed by atoms with Crippen LogP contribution in [0.5, 0.6) is 5.75 Å². The van der Waals surface area contributed by atoms with Crippen molar-refractivity contribution in [1.82, 2.24) is 8.61 Å². The summed E-state index contributed by atoms with van der Waals surface area (Å²) in [5.74, 6) is -0.813. The van der Waals surface area contributed by atoms with E-state index >= 15 is 0 Å². The zero-order valence-corrected chi connectivity index (χ0v) is 14.4. The van der Waals surface area contributed by atoms with Gasteiger partial charge in [-0.05, 0) is 11.6 Å². The average molecular weight is 368 g/mol. The third kappa shape index (κ3) is 2.53. The second-order valence-electron chi connectivity index (χ2n) is 6.65. The Morgan fingerprint density at radius 3 is 2.64 bits per heavy atom. The fourth-order valence-corrected chi connectivity index (χ4v) is 5.58. The summed E-state index contributed by atoms with van der Waals surface area (Å²) in [5.41, 5.74) is -0.496. The number of carboxylic acids is 1. The van der Waals surface area contributed by atoms with Gasteiger partial charge in [0, 0.05) is 32.1 Å². The number of carboxylic acid groups (broad SMARTS) is 1. The van der Waals surface area contributed by atoms with E-state index in [4.69, 9.17) is 9.47 Å². The van der Waals surface area contributed by atoms with Crippen molar-refractivity contribution < 1.29 is 27.8 Å². The van der Waals surface area contributed by atoms with Crippen LogP contribution in [0.4, 0.5) is 0 Å². The number of hydrogen-bond donors (Lipinski definition) is 1. The molecule has 0 aromatic heterocycles. The van der Waals surface area contributed by atoms with E-state index < -0.39 is 27.5 Å². The number of fused-ring (bicyclic) bond motifs is 3. The van der Waals surface area contributed by atoms with Gasteiger partial charge in [-0.25, -0.2) is 0 Å². The van der Waals surface area contributed by atoms with E-state index in [0.717, 1.165) is 5.56 Å². The zero-order chi connectivity index (χ0) is 17.7. The maximum absolute atomic E-state index is 13.0. The molecule has 1 N–H and O–H groups in total. The van der Waals surface area contributed by atoms with Crippen LogP contribution in [0.15, 0.2) is 24.3 Å². The van der Waals surface area contributed by atoms with Crippen molar-refractivity contribution in [2.24, 2.45) is 5.41 Å². The Hall–Kier alpha value is -1.68. The minimum atomic E-state index is -3.73. The zero-order valence-electron chi connectivity index (χ0n) is 13.6. The molecule has 0 saturated carbocycles. The molecule has 0 aliphatic carbocycles. The second-order valence-corrected chi connectivity index (χ2v) is 8.58. The van der Waals surface area contributed by atoms with Gasteiger partial charge in [0.1, 0.15) is 17.8 Å². The van der Waals surface area contributed by atoms with Crippen LogP contribution in [0.1, 0.15) is 11.5 Å². The summed E-state index contributed by atoms with van der Waals surface area (Å²) in [6, 6.07) is 7.25. The Bertz CT molecular complexity index is 792. The summed E-state index contributed by atoms with van der Waals surface area (Å²) < 4.78 is 39.5. The fraction of sp³-hybridized carbons (Fsp3) is 0.562. The number of carbonyl (C=O) groups is 1. The Kier molecular flexibility index (Phi) is 3.99. The third-order valence-electron chi connectivity index (χ3n) is 5.34. The molecule has 0 bridgehead atoms. The smallest absolute Gasteiger partial charge is 0.315 e. The molecule has 3 heterocycles. The van der Waals surface area contributed by atoms with Gasteiger partial charge in [0.2, 0.25) is 0 Å². The summed E-state index contributed by atoms with van der Waals surface area (Å²) in [5, 5.41) is 9.88. The Morgan fingerprint density at radius 2 is 1.92 bits per heavy atom. The van der Waals surface area contributed by atoms with E-state index in [0.29, 0.717) is 19.0 Å². The van der Waals surface area contributed by atoms with E-state index in [1.807, 2.05) is 18.2 Å². The molecule has 1 aromatic carbocycles. The monoisotopic (exact) mass is 368 g/mol. The third-order valence-corrected chi connectivity index (χ3v) is 7.29. The average Bonchev–Trinajstić information content (AvgIpc) is 3.05. The lowest BCUT2D eigenvalue weighted by molar-refractivity contribution is -0.151. The summed E-state index contributed by atoms with van der Waals surface area (Å²) in [7, 11) is -3.73. The van der Waals surface area contributed by atoms with Crippen molar-refractivity contribution in [3.63, 3.8) is 0 Å². The van der Waals surface area contributed by atoms with Gasteiger partial charge in [0.25, 0.3) is 10.2 Å². The molecule has 3 aliphatic heterocycles. The van der Waals surface area contributed by atoms with Crippen molar-refractivity contribution in [3.05, 3.63) is 29.8 Å². The van der Waals surface area contributed by atoms with E-state index in [1.54, 1.807) is 6.07 Å². The molecule has 2 atom stereocenters. The summed E-state index contributed by atoms with van der Waals surface area (Å²) in [6.07, 6.45) is 0. The van der Waals surface area contributed by atoms with Crippen molar-refractivity contribution >= 4 is 16.2 Å². The minimum absolute atomic E-state index is 0.0286. The Morgan fingerprint density at radius 1 is 1.20 bits per heavy atom. The molecule has 0 spiro atoms. The van der Waals surface area contributed by atoms with Crippen molar-refractivity contribution in [2.45, 2.75) is 5.92 Å². The van der Waals surface area contributed by atoms with E-state index in [-0.39, 0.29) is 32.8 Å². The molecule has 8 nitrogen and oxygen atoms in total. The maximum atomic E-state index is 13.0. The van der Waals surface area contributed by atoms with E-state index in [1.165, 1.54) is 8.61 Å². The van der Waals surface area contributed by atoms with Crippen LogP contribution in [0.2, 0.25) is 0 Å². The SMILES string of the molecule is O=C(O)[C@@]12COc3ccccc3[C@@H]1CN(S(=O)(=O)N1CCOCC1)C2. The number of rotatable bonds is 3. The highest BCUT2D eigenvalue weighted by Crippen LogP contribution is 2.50. The number of nitrogens with zero attached hydrogens (tertiary/aromatic N) is 2. The molecule has 0 radical (unpaired) electrons. The molecule has 1 aromatic rings. The topological polar surface area (TPSA) is 96.4 Å². The highest BCUT2D eigenvalue weighted by atomic mass is 32.2. The quantitative estimate of drug-likeness (QED) is 0.814. The first-order chi connectivity index (χ1) is 11.9. The number of aliphatic carboxylic acids is 1. The summed E-state index contributed by atoms with van der Waals surface area (Å²) in [4.78, 5) is 12.1. The fourth-order valence-electron chi connectivity index (χ4n) is 3.91. The maximum Gasteiger partial charge on any atom is 0.315 e. The predicted octanol–water partition coefficient (Wildman–Crippen LogP) is 0.126. The van der Waals surface area contributed by atoms with Crippen molar-refractivity contribution in [3.8, 4) is 5.75 Å². The van der Waals surface area contributed by atoms with Crippen LogP contribution in [0, 0.1) is 5.41 Å². The molecule has 0 amide bonds. The number of para-hydroxylation sites is 1. The van der Waals surface area contributed by atoms with E-state index in [9.17, 15) is 18.3 Å². The highest BCUT2D eigenvalue weighted by molar-refractivity contribution is 7.86. The molecule has 136 valence electrons. The number of ether oxygens (including phenoxy) is 2. The molecule has 2 fully saturated rings. The standard InChI is InChI=1S/C16H20N2O6S/c19-15(20)16-10-18(25(21,22)17-5-7-23-8-6-17)9-13(16)12-3-1-2-4-14(12)24-11-16/h1-4,13H,5-11H2,(H,19,20)/t13-,16-/m0/s1. The molecule has 9 heteroatoms. The Balaban J connectivity index is 1.70. The van der Waals surface area contributed by atoms with Gasteiger partial charge in [0.15, 0.2) is 0 Å². The molecular formula is C16H20N2O6S. The highest BCUT2D eigenvalue weighted by Gasteiger charge is 2.59. The lowest BCUT2D eigenvalue weighted by Gasteiger charge is -2.35. The molecular weight excluding hydrogens is 348 g/mol. The number of benzene rings is 1. The van der Waals surface area contributed by atoms with Crippen LogP contribution in [0.3, 0.4) is 0 Å². The van der Waals surface area contributed by atoms with Gasteiger partial charge in [0.05, 0.1) is 13.2 Å². The molecule has 4 rings (SSSR count). The number of hydrogen-bond acceptors (Lipinski definition) is 5. The summed E-state index contributed by atoms with van der Waals surface area (Å²) >= 11 is 0. The summed E-state index contributed by atoms with van der Waals surface area (Å²) in [6.45, 7) is 1.32.